The summed E-state index contributed by atoms with van der Waals surface area (Å²) in [7, 11) is 0. The zero-order chi connectivity index (χ0) is 23.1. The van der Waals surface area contributed by atoms with Gasteiger partial charge in [-0.25, -0.2) is 9.79 Å². The second-order valence-electron chi connectivity index (χ2n) is 6.67. The van der Waals surface area contributed by atoms with E-state index < -0.39 is 5.97 Å². The van der Waals surface area contributed by atoms with Gasteiger partial charge in [-0.15, -0.1) is 0 Å². The van der Waals surface area contributed by atoms with E-state index in [1.54, 1.807) is 32.1 Å². The third kappa shape index (κ3) is 5.81. The Balaban J connectivity index is 1.79. The Bertz CT molecular complexity index is 1110. The van der Waals surface area contributed by atoms with Crippen molar-refractivity contribution in [2.75, 3.05) is 6.61 Å². The molecule has 0 aromatic heterocycles. The normalized spacial score (nSPS) is 16.0. The van der Waals surface area contributed by atoms with E-state index in [1.807, 2.05) is 36.4 Å². The maximum Gasteiger partial charge on any atom is 0.344 e. The van der Waals surface area contributed by atoms with Crippen LogP contribution in [0.3, 0.4) is 0 Å². The summed E-state index contributed by atoms with van der Waals surface area (Å²) < 4.78 is 10.8. The molecule has 0 atom stereocenters. The highest BCUT2D eigenvalue weighted by Crippen LogP contribution is 2.39. The van der Waals surface area contributed by atoms with Crippen molar-refractivity contribution in [1.82, 2.24) is 0 Å². The van der Waals surface area contributed by atoms with Gasteiger partial charge in [0, 0.05) is 17.0 Å². The minimum atomic E-state index is -0.716. The standard InChI is InChI=1S/C24H22ClNO5S/c1-3-20(27)26-23-21(24(29)30-4-2)22(28)19(32-23)13-15-9-11-17(12-10-15)31-14-16-7-5-6-8-18(16)25/h5-13,28H,3-4,14H2,1-2H3/b19-13-,26-23?. The molecule has 0 spiro atoms. The molecule has 0 unspecified atom stereocenters. The fraction of sp³-hybridized carbons (Fsp3) is 0.208. The molecule has 8 heteroatoms. The van der Waals surface area contributed by atoms with E-state index in [0.717, 1.165) is 22.9 Å². The second kappa shape index (κ2) is 11.0. The van der Waals surface area contributed by atoms with Crippen LogP contribution in [-0.4, -0.2) is 28.6 Å². The molecule has 1 N–H and O–H groups in total. The lowest BCUT2D eigenvalue weighted by Crippen LogP contribution is -2.14. The zero-order valence-corrected chi connectivity index (χ0v) is 19.2. The summed E-state index contributed by atoms with van der Waals surface area (Å²) in [6.07, 6.45) is 1.89. The SMILES string of the molecule is CCOC(=O)C1=C(O)/C(=C/c2ccc(OCc3ccccc3Cl)cc2)SC1=NC(=O)CC. The van der Waals surface area contributed by atoms with Gasteiger partial charge in [-0.05, 0) is 36.8 Å². The van der Waals surface area contributed by atoms with E-state index in [1.165, 1.54) is 0 Å². The van der Waals surface area contributed by atoms with E-state index in [9.17, 15) is 14.7 Å². The molecule has 0 bridgehead atoms. The molecule has 0 fully saturated rings. The summed E-state index contributed by atoms with van der Waals surface area (Å²) in [6.45, 7) is 3.82. The molecule has 3 rings (SSSR count). The molecule has 2 aromatic carbocycles. The van der Waals surface area contributed by atoms with Crippen molar-refractivity contribution in [3.63, 3.8) is 0 Å². The lowest BCUT2D eigenvalue weighted by molar-refractivity contribution is -0.138. The van der Waals surface area contributed by atoms with E-state index in [0.29, 0.717) is 22.3 Å². The molecule has 1 amide bonds. The van der Waals surface area contributed by atoms with Gasteiger partial charge in [0.1, 0.15) is 28.7 Å². The van der Waals surface area contributed by atoms with E-state index in [4.69, 9.17) is 21.1 Å². The maximum atomic E-state index is 12.3. The molecule has 1 aliphatic heterocycles. The van der Waals surface area contributed by atoms with Gasteiger partial charge in [-0.1, -0.05) is 60.6 Å². The number of ether oxygens (including phenoxy) is 2. The van der Waals surface area contributed by atoms with Crippen LogP contribution >= 0.6 is 23.4 Å². The number of aliphatic hydroxyl groups excluding tert-OH is 1. The number of rotatable bonds is 7. The number of esters is 1. The number of amides is 1. The Morgan fingerprint density at radius 3 is 2.50 bits per heavy atom. The number of carbonyl (C=O) groups excluding carboxylic acids is 2. The molecule has 166 valence electrons. The molecular weight excluding hydrogens is 450 g/mol. The third-order valence-corrected chi connectivity index (χ3v) is 5.82. The zero-order valence-electron chi connectivity index (χ0n) is 17.6. The molecule has 1 heterocycles. The number of hydrogen-bond donors (Lipinski definition) is 1. The molecule has 0 aliphatic carbocycles. The predicted octanol–water partition coefficient (Wildman–Crippen LogP) is 5.72. The molecular formula is C24H22ClNO5S. The smallest absolute Gasteiger partial charge is 0.344 e. The van der Waals surface area contributed by atoms with Crippen molar-refractivity contribution in [2.45, 2.75) is 26.9 Å². The first-order valence-corrected chi connectivity index (χ1v) is 11.2. The average Bonchev–Trinajstić information content (AvgIpc) is 3.08. The third-order valence-electron chi connectivity index (χ3n) is 4.43. The number of carbonyl (C=O) groups is 2. The number of thioether (sulfide) groups is 1. The minimum Gasteiger partial charge on any atom is -0.506 e. The maximum absolute atomic E-state index is 12.3. The van der Waals surface area contributed by atoms with Crippen LogP contribution in [0.4, 0.5) is 0 Å². The summed E-state index contributed by atoms with van der Waals surface area (Å²) in [4.78, 5) is 28.4. The van der Waals surface area contributed by atoms with Crippen molar-refractivity contribution in [1.29, 1.82) is 0 Å². The molecule has 0 radical (unpaired) electrons. The second-order valence-corrected chi connectivity index (χ2v) is 8.11. The Kier molecular flexibility index (Phi) is 8.14. The molecule has 0 saturated heterocycles. The molecule has 32 heavy (non-hydrogen) atoms. The summed E-state index contributed by atoms with van der Waals surface area (Å²) in [6, 6.07) is 14.7. The van der Waals surface area contributed by atoms with Gasteiger partial charge >= 0.3 is 5.97 Å². The first kappa shape index (κ1) is 23.6. The van der Waals surface area contributed by atoms with Crippen LogP contribution in [0.25, 0.3) is 6.08 Å². The van der Waals surface area contributed by atoms with Gasteiger partial charge in [-0.3, -0.25) is 4.79 Å². The van der Waals surface area contributed by atoms with Gasteiger partial charge in [-0.2, -0.15) is 0 Å². The van der Waals surface area contributed by atoms with Crippen LogP contribution in [-0.2, 0) is 20.9 Å². The van der Waals surface area contributed by atoms with Crippen molar-refractivity contribution < 1.29 is 24.2 Å². The fourth-order valence-electron chi connectivity index (χ4n) is 2.77. The fourth-order valence-corrected chi connectivity index (χ4v) is 3.99. The highest BCUT2D eigenvalue weighted by Gasteiger charge is 2.33. The van der Waals surface area contributed by atoms with Gasteiger partial charge in [0.25, 0.3) is 0 Å². The molecule has 0 saturated carbocycles. The quantitative estimate of drug-likeness (QED) is 0.520. The van der Waals surface area contributed by atoms with E-state index in [-0.39, 0.29) is 35.3 Å². The van der Waals surface area contributed by atoms with E-state index >= 15 is 0 Å². The number of hydrogen-bond acceptors (Lipinski definition) is 6. The number of aliphatic hydroxyl groups is 1. The first-order chi connectivity index (χ1) is 15.4. The monoisotopic (exact) mass is 471 g/mol. The van der Waals surface area contributed by atoms with Crippen LogP contribution in [0.5, 0.6) is 5.75 Å². The van der Waals surface area contributed by atoms with Gasteiger partial charge in [0.15, 0.2) is 0 Å². The Morgan fingerprint density at radius 2 is 1.84 bits per heavy atom. The van der Waals surface area contributed by atoms with Crippen molar-refractivity contribution in [2.24, 2.45) is 4.99 Å². The van der Waals surface area contributed by atoms with Crippen LogP contribution in [0.15, 0.2) is 69.8 Å². The van der Waals surface area contributed by atoms with Gasteiger partial charge < -0.3 is 14.6 Å². The van der Waals surface area contributed by atoms with Crippen LogP contribution in [0.2, 0.25) is 5.02 Å². The number of aliphatic imine (C=N–C) groups is 1. The lowest BCUT2D eigenvalue weighted by atomic mass is 10.1. The minimum absolute atomic E-state index is 0.0930. The average molecular weight is 472 g/mol. The molecule has 2 aromatic rings. The van der Waals surface area contributed by atoms with Crippen LogP contribution < -0.4 is 4.74 Å². The summed E-state index contributed by atoms with van der Waals surface area (Å²) >= 11 is 7.20. The number of halogens is 1. The van der Waals surface area contributed by atoms with Crippen molar-refractivity contribution in [3.05, 3.63) is 80.9 Å². The van der Waals surface area contributed by atoms with Gasteiger partial charge in [0.05, 0.1) is 11.5 Å². The van der Waals surface area contributed by atoms with Crippen LogP contribution in [0.1, 0.15) is 31.4 Å². The Hall–Kier alpha value is -3.03. The highest BCUT2D eigenvalue weighted by atomic mass is 35.5. The highest BCUT2D eigenvalue weighted by molar-refractivity contribution is 8.18. The Morgan fingerprint density at radius 1 is 1.12 bits per heavy atom. The Labute approximate surface area is 195 Å². The molecule has 6 nitrogen and oxygen atoms in total. The number of benzene rings is 2. The lowest BCUT2D eigenvalue weighted by Gasteiger charge is -2.08. The van der Waals surface area contributed by atoms with Crippen molar-refractivity contribution in [3.8, 4) is 5.75 Å². The predicted molar refractivity (Wildman–Crippen MR) is 127 cm³/mol. The van der Waals surface area contributed by atoms with Crippen LogP contribution in [0, 0.1) is 0 Å². The number of nitrogens with zero attached hydrogens (tertiary/aromatic N) is 1. The van der Waals surface area contributed by atoms with E-state index in [2.05, 4.69) is 4.99 Å². The largest absolute Gasteiger partial charge is 0.506 e. The van der Waals surface area contributed by atoms with Gasteiger partial charge in [0.2, 0.25) is 5.91 Å². The summed E-state index contributed by atoms with van der Waals surface area (Å²) in [5.41, 5.74) is 1.57. The topological polar surface area (TPSA) is 85.2 Å². The summed E-state index contributed by atoms with van der Waals surface area (Å²) in [5, 5.41) is 11.4. The molecule has 1 aliphatic rings. The first-order valence-electron chi connectivity index (χ1n) is 10.0. The van der Waals surface area contributed by atoms with Crippen molar-refractivity contribution >= 4 is 46.4 Å². The summed E-state index contributed by atoms with van der Waals surface area (Å²) in [5.74, 6) is -0.695.